The Hall–Kier alpha value is -1.66. The van der Waals surface area contributed by atoms with Gasteiger partial charge in [-0.1, -0.05) is 0 Å². The van der Waals surface area contributed by atoms with E-state index < -0.39 is 0 Å². The first-order chi connectivity index (χ1) is 10.3. The summed E-state index contributed by atoms with van der Waals surface area (Å²) in [6, 6.07) is 2.29. The molecule has 2 aromatic rings. The Morgan fingerprint density at radius 1 is 1.29 bits per heavy atom. The lowest BCUT2D eigenvalue weighted by molar-refractivity contribution is 0.353. The van der Waals surface area contributed by atoms with Crippen LogP contribution in [0.15, 0.2) is 12.3 Å². The molecule has 1 atom stereocenters. The van der Waals surface area contributed by atoms with Crippen LogP contribution in [0.5, 0.6) is 11.8 Å². The molecule has 0 aromatic carbocycles. The maximum Gasteiger partial charge on any atom is 0.240 e. The molecule has 0 fully saturated rings. The summed E-state index contributed by atoms with van der Waals surface area (Å²) < 4.78 is 10.5. The Morgan fingerprint density at radius 2 is 2.14 bits per heavy atom. The van der Waals surface area contributed by atoms with Crippen molar-refractivity contribution in [2.45, 2.75) is 25.3 Å². The van der Waals surface area contributed by atoms with Crippen LogP contribution in [0.1, 0.15) is 33.5 Å². The molecule has 0 spiro atoms. The number of nitrogens with one attached hydrogen (secondary N) is 1. The van der Waals surface area contributed by atoms with Gasteiger partial charge in [0.05, 0.1) is 26.5 Å². The maximum atomic E-state index is 5.38. The summed E-state index contributed by atoms with van der Waals surface area (Å²) in [6.07, 6.45) is 5.29. The minimum Gasteiger partial charge on any atom is -0.480 e. The quantitative estimate of drug-likeness (QED) is 0.919. The molecular weight excluding hydrogens is 286 g/mol. The van der Waals surface area contributed by atoms with Crippen molar-refractivity contribution < 1.29 is 9.47 Å². The van der Waals surface area contributed by atoms with Crippen molar-refractivity contribution in [1.82, 2.24) is 15.3 Å². The van der Waals surface area contributed by atoms with Gasteiger partial charge in [-0.3, -0.25) is 0 Å². The third-order valence-corrected chi connectivity index (χ3v) is 5.06. The van der Waals surface area contributed by atoms with E-state index in [0.29, 0.717) is 11.8 Å². The monoisotopic (exact) mass is 305 g/mol. The Labute approximate surface area is 128 Å². The van der Waals surface area contributed by atoms with Crippen LogP contribution in [0.2, 0.25) is 0 Å². The number of aryl methyl sites for hydroxylation is 2. The van der Waals surface area contributed by atoms with Gasteiger partial charge >= 0.3 is 0 Å². The molecular formula is C15H19N3O2S. The minimum atomic E-state index is -0.00560. The zero-order valence-corrected chi connectivity index (χ0v) is 13.3. The van der Waals surface area contributed by atoms with Gasteiger partial charge in [0, 0.05) is 9.75 Å². The highest BCUT2D eigenvalue weighted by molar-refractivity contribution is 7.12. The molecule has 0 bridgehead atoms. The van der Waals surface area contributed by atoms with E-state index in [1.807, 2.05) is 18.4 Å². The van der Waals surface area contributed by atoms with E-state index in [-0.39, 0.29) is 6.04 Å². The van der Waals surface area contributed by atoms with Crippen molar-refractivity contribution >= 4 is 11.3 Å². The summed E-state index contributed by atoms with van der Waals surface area (Å²) in [4.78, 5) is 11.6. The van der Waals surface area contributed by atoms with Crippen LogP contribution in [0.4, 0.5) is 0 Å². The largest absolute Gasteiger partial charge is 0.480 e. The maximum absolute atomic E-state index is 5.38. The summed E-state index contributed by atoms with van der Waals surface area (Å²) in [5.41, 5.74) is 2.27. The second kappa shape index (κ2) is 5.99. The van der Waals surface area contributed by atoms with Crippen LogP contribution in [0, 0.1) is 0 Å². The number of hydrogen-bond donors (Lipinski definition) is 1. The molecule has 0 saturated heterocycles. The molecule has 112 valence electrons. The van der Waals surface area contributed by atoms with E-state index >= 15 is 0 Å². The lowest BCUT2D eigenvalue weighted by atomic mass is 10.1. The van der Waals surface area contributed by atoms with Gasteiger partial charge < -0.3 is 14.8 Å². The average molecular weight is 305 g/mol. The molecule has 0 radical (unpaired) electrons. The van der Waals surface area contributed by atoms with Gasteiger partial charge in [-0.25, -0.2) is 4.98 Å². The van der Waals surface area contributed by atoms with Gasteiger partial charge in [-0.2, -0.15) is 4.98 Å². The first-order valence-electron chi connectivity index (χ1n) is 7.00. The van der Waals surface area contributed by atoms with Gasteiger partial charge in [0.25, 0.3) is 0 Å². The van der Waals surface area contributed by atoms with Crippen LogP contribution in [0.3, 0.4) is 0 Å². The first kappa shape index (κ1) is 14.3. The number of nitrogens with zero attached hydrogens (tertiary/aromatic N) is 2. The molecule has 1 N–H and O–H groups in total. The molecule has 2 heterocycles. The Kier molecular flexibility index (Phi) is 4.07. The summed E-state index contributed by atoms with van der Waals surface area (Å²) in [5, 5.41) is 3.32. The first-order valence-corrected chi connectivity index (χ1v) is 7.82. The number of hydrogen-bond acceptors (Lipinski definition) is 6. The number of methoxy groups -OCH3 is 2. The fourth-order valence-electron chi connectivity index (χ4n) is 2.72. The molecule has 1 unspecified atom stereocenters. The highest BCUT2D eigenvalue weighted by Gasteiger charge is 2.24. The highest BCUT2D eigenvalue weighted by Crippen LogP contribution is 2.37. The Bertz CT molecular complexity index is 620. The van der Waals surface area contributed by atoms with Crippen molar-refractivity contribution in [3.8, 4) is 11.8 Å². The van der Waals surface area contributed by atoms with E-state index in [4.69, 9.17) is 9.47 Å². The number of rotatable bonds is 5. The number of aromatic nitrogens is 2. The second-order valence-corrected chi connectivity index (χ2v) is 6.15. The van der Waals surface area contributed by atoms with Crippen molar-refractivity contribution in [1.29, 1.82) is 0 Å². The Balaban J connectivity index is 1.99. The molecule has 1 aliphatic carbocycles. The van der Waals surface area contributed by atoms with Crippen LogP contribution in [-0.2, 0) is 12.8 Å². The molecule has 0 saturated carbocycles. The van der Waals surface area contributed by atoms with E-state index in [1.54, 1.807) is 20.4 Å². The van der Waals surface area contributed by atoms with Crippen molar-refractivity contribution in [2.75, 3.05) is 21.3 Å². The topological polar surface area (TPSA) is 56.3 Å². The predicted octanol–water partition coefficient (Wildman–Crippen LogP) is 2.35. The van der Waals surface area contributed by atoms with Crippen molar-refractivity contribution in [3.63, 3.8) is 0 Å². The third kappa shape index (κ3) is 2.61. The van der Waals surface area contributed by atoms with E-state index in [0.717, 1.165) is 5.69 Å². The average Bonchev–Trinajstić information content (AvgIpc) is 3.10. The van der Waals surface area contributed by atoms with Gasteiger partial charge in [0.15, 0.2) is 0 Å². The summed E-state index contributed by atoms with van der Waals surface area (Å²) >= 11 is 1.86. The fourth-order valence-corrected chi connectivity index (χ4v) is 4.09. The second-order valence-electron chi connectivity index (χ2n) is 4.98. The SMILES string of the molecule is CNC(c1cc2c(s1)CCC2)c1ncc(OC)nc1OC. The van der Waals surface area contributed by atoms with Crippen LogP contribution < -0.4 is 14.8 Å². The normalized spacial score (nSPS) is 14.8. The zero-order chi connectivity index (χ0) is 14.8. The molecule has 0 amide bonds. The number of fused-ring (bicyclic) bond motifs is 1. The van der Waals surface area contributed by atoms with E-state index in [1.165, 1.54) is 34.6 Å². The van der Waals surface area contributed by atoms with Gasteiger partial charge in [0.1, 0.15) is 5.69 Å². The molecule has 6 heteroatoms. The lowest BCUT2D eigenvalue weighted by Crippen LogP contribution is -2.19. The van der Waals surface area contributed by atoms with Crippen LogP contribution in [-0.4, -0.2) is 31.2 Å². The van der Waals surface area contributed by atoms with Crippen molar-refractivity contribution in [3.05, 3.63) is 33.3 Å². The minimum absolute atomic E-state index is 0.00560. The number of thiophene rings is 1. The van der Waals surface area contributed by atoms with Crippen LogP contribution >= 0.6 is 11.3 Å². The Morgan fingerprint density at radius 3 is 2.81 bits per heavy atom. The smallest absolute Gasteiger partial charge is 0.240 e. The number of ether oxygens (including phenoxy) is 2. The molecule has 2 aromatic heterocycles. The molecule has 21 heavy (non-hydrogen) atoms. The van der Waals surface area contributed by atoms with Gasteiger partial charge in [-0.05, 0) is 37.9 Å². The molecule has 0 aliphatic heterocycles. The summed E-state index contributed by atoms with van der Waals surface area (Å²) in [7, 11) is 5.11. The zero-order valence-electron chi connectivity index (χ0n) is 12.5. The van der Waals surface area contributed by atoms with Gasteiger partial charge in [-0.15, -0.1) is 11.3 Å². The summed E-state index contributed by atoms with van der Waals surface area (Å²) in [6.45, 7) is 0. The van der Waals surface area contributed by atoms with E-state index in [9.17, 15) is 0 Å². The predicted molar refractivity (Wildman–Crippen MR) is 82.4 cm³/mol. The fraction of sp³-hybridized carbons (Fsp3) is 0.467. The standard InChI is InChI=1S/C15H19N3O2S/c1-16-13(11-7-9-5-4-6-10(9)21-11)14-15(20-3)18-12(19-2)8-17-14/h7-8,13,16H,4-6H2,1-3H3. The van der Waals surface area contributed by atoms with E-state index in [2.05, 4.69) is 21.4 Å². The van der Waals surface area contributed by atoms with Crippen LogP contribution in [0.25, 0.3) is 0 Å². The summed E-state index contributed by atoms with van der Waals surface area (Å²) in [5.74, 6) is 0.960. The highest BCUT2D eigenvalue weighted by atomic mass is 32.1. The molecule has 5 nitrogen and oxygen atoms in total. The third-order valence-electron chi connectivity index (χ3n) is 3.76. The van der Waals surface area contributed by atoms with Gasteiger partial charge in [0.2, 0.25) is 11.8 Å². The lowest BCUT2D eigenvalue weighted by Gasteiger charge is -2.16. The molecule has 1 aliphatic rings. The molecule has 3 rings (SSSR count). The van der Waals surface area contributed by atoms with Crippen molar-refractivity contribution in [2.24, 2.45) is 0 Å².